The summed E-state index contributed by atoms with van der Waals surface area (Å²) in [5, 5.41) is 1.01. The number of hydrogen-bond acceptors (Lipinski definition) is 5. The molecular formula is C21H17NO4. The van der Waals surface area contributed by atoms with Crippen molar-refractivity contribution in [2.45, 2.75) is 0 Å². The van der Waals surface area contributed by atoms with Gasteiger partial charge in [0, 0.05) is 35.2 Å². The molecule has 0 aliphatic carbocycles. The molecule has 4 aromatic rings. The van der Waals surface area contributed by atoms with Gasteiger partial charge in [-0.25, -0.2) is 4.98 Å². The molecule has 2 aromatic heterocycles. The minimum absolute atomic E-state index is 0.499. The number of nitrogens with zero attached hydrogens (tertiary/aromatic N) is 1. The molecule has 0 unspecified atom stereocenters. The summed E-state index contributed by atoms with van der Waals surface area (Å²) < 4.78 is 21.9. The first-order chi connectivity index (χ1) is 12.7. The van der Waals surface area contributed by atoms with Crippen LogP contribution in [0.2, 0.25) is 0 Å². The predicted octanol–water partition coefficient (Wildman–Crippen LogP) is 5.30. The van der Waals surface area contributed by atoms with Crippen LogP contribution in [0.25, 0.3) is 22.2 Å². The second-order valence-corrected chi connectivity index (χ2v) is 5.68. The molecule has 0 aliphatic heterocycles. The van der Waals surface area contributed by atoms with Gasteiger partial charge in [0.05, 0.1) is 26.0 Å². The average Bonchev–Trinajstić information content (AvgIpc) is 3.22. The van der Waals surface area contributed by atoms with Crippen molar-refractivity contribution in [3.05, 3.63) is 66.9 Å². The molecule has 0 bridgehead atoms. The zero-order chi connectivity index (χ0) is 17.9. The maximum Gasteiger partial charge on any atom is 0.219 e. The Bertz CT molecular complexity index is 1020. The summed E-state index contributed by atoms with van der Waals surface area (Å²) in [4.78, 5) is 4.57. The Morgan fingerprint density at radius 3 is 2.27 bits per heavy atom. The summed E-state index contributed by atoms with van der Waals surface area (Å²) >= 11 is 0. The van der Waals surface area contributed by atoms with Crippen LogP contribution in [0.15, 0.2) is 71.3 Å². The lowest BCUT2D eigenvalue weighted by molar-refractivity contribution is 0.385. The molecule has 2 aromatic carbocycles. The Labute approximate surface area is 150 Å². The minimum Gasteiger partial charge on any atom is -0.496 e. The third kappa shape index (κ3) is 3.19. The molecule has 0 N–H and O–H groups in total. The zero-order valence-corrected chi connectivity index (χ0v) is 14.4. The van der Waals surface area contributed by atoms with E-state index in [9.17, 15) is 0 Å². The van der Waals surface area contributed by atoms with E-state index in [4.69, 9.17) is 18.6 Å². The lowest BCUT2D eigenvalue weighted by atomic mass is 10.1. The van der Waals surface area contributed by atoms with Gasteiger partial charge < -0.3 is 18.6 Å². The fourth-order valence-corrected chi connectivity index (χ4v) is 2.72. The van der Waals surface area contributed by atoms with E-state index in [1.807, 2.05) is 42.5 Å². The van der Waals surface area contributed by atoms with Crippen molar-refractivity contribution in [2.75, 3.05) is 14.2 Å². The molecule has 0 saturated heterocycles. The highest BCUT2D eigenvalue weighted by molar-refractivity contribution is 5.84. The molecule has 0 amide bonds. The van der Waals surface area contributed by atoms with Gasteiger partial charge in [-0.2, -0.15) is 0 Å². The topological polar surface area (TPSA) is 53.7 Å². The first-order valence-electron chi connectivity index (χ1n) is 8.11. The Hall–Kier alpha value is -3.47. The molecule has 0 atom stereocenters. The van der Waals surface area contributed by atoms with E-state index in [0.29, 0.717) is 23.1 Å². The van der Waals surface area contributed by atoms with E-state index in [2.05, 4.69) is 4.98 Å². The van der Waals surface area contributed by atoms with Gasteiger partial charge in [0.1, 0.15) is 23.0 Å². The second kappa shape index (κ2) is 6.80. The number of aromatic nitrogens is 1. The highest BCUT2D eigenvalue weighted by Crippen LogP contribution is 2.31. The Balaban J connectivity index is 1.64. The van der Waals surface area contributed by atoms with Crippen molar-refractivity contribution in [3.63, 3.8) is 0 Å². The van der Waals surface area contributed by atoms with Crippen LogP contribution in [0.4, 0.5) is 0 Å². The molecule has 0 spiro atoms. The maximum atomic E-state index is 5.88. The summed E-state index contributed by atoms with van der Waals surface area (Å²) in [5.74, 6) is 3.24. The highest BCUT2D eigenvalue weighted by Gasteiger charge is 2.07. The van der Waals surface area contributed by atoms with Crippen LogP contribution in [-0.2, 0) is 0 Å². The fraction of sp³-hybridized carbons (Fsp3) is 0.0952. The number of pyridine rings is 1. The van der Waals surface area contributed by atoms with Gasteiger partial charge >= 0.3 is 0 Å². The quantitative estimate of drug-likeness (QED) is 0.490. The zero-order valence-electron chi connectivity index (χ0n) is 14.4. The number of fused-ring (bicyclic) bond motifs is 1. The van der Waals surface area contributed by atoms with Crippen molar-refractivity contribution < 1.29 is 18.6 Å². The van der Waals surface area contributed by atoms with Crippen molar-refractivity contribution in [2.24, 2.45) is 0 Å². The van der Waals surface area contributed by atoms with Crippen molar-refractivity contribution in [1.82, 2.24) is 4.98 Å². The second-order valence-electron chi connectivity index (χ2n) is 5.68. The smallest absolute Gasteiger partial charge is 0.219 e. The summed E-state index contributed by atoms with van der Waals surface area (Å²) in [5.41, 5.74) is 1.85. The summed E-state index contributed by atoms with van der Waals surface area (Å²) in [6.45, 7) is 0. The van der Waals surface area contributed by atoms with Gasteiger partial charge in [-0.1, -0.05) is 0 Å². The number of ether oxygens (including phenoxy) is 3. The van der Waals surface area contributed by atoms with Gasteiger partial charge in [-0.3, -0.25) is 0 Å². The number of furan rings is 1. The maximum absolute atomic E-state index is 5.88. The van der Waals surface area contributed by atoms with E-state index in [1.165, 1.54) is 0 Å². The first kappa shape index (κ1) is 16.0. The lowest BCUT2D eigenvalue weighted by Crippen LogP contribution is -1.92. The fourth-order valence-electron chi connectivity index (χ4n) is 2.72. The van der Waals surface area contributed by atoms with E-state index in [-0.39, 0.29) is 0 Å². The molecule has 2 heterocycles. The van der Waals surface area contributed by atoms with Crippen LogP contribution in [0.5, 0.6) is 23.1 Å². The number of hydrogen-bond donors (Lipinski definition) is 0. The Morgan fingerprint density at radius 2 is 1.58 bits per heavy atom. The van der Waals surface area contributed by atoms with Crippen LogP contribution >= 0.6 is 0 Å². The first-order valence-corrected chi connectivity index (χ1v) is 8.11. The van der Waals surface area contributed by atoms with Crippen LogP contribution in [0, 0.1) is 0 Å². The highest BCUT2D eigenvalue weighted by atomic mass is 16.5. The molecule has 5 nitrogen and oxygen atoms in total. The van der Waals surface area contributed by atoms with E-state index < -0.39 is 0 Å². The monoisotopic (exact) mass is 347 g/mol. The van der Waals surface area contributed by atoms with E-state index in [1.54, 1.807) is 38.7 Å². The van der Waals surface area contributed by atoms with Crippen LogP contribution in [0.1, 0.15) is 0 Å². The Kier molecular flexibility index (Phi) is 4.19. The van der Waals surface area contributed by atoms with Crippen LogP contribution in [0.3, 0.4) is 0 Å². The molecule has 0 radical (unpaired) electrons. The molecule has 26 heavy (non-hydrogen) atoms. The third-order valence-electron chi connectivity index (χ3n) is 4.02. The standard InChI is InChI=1S/C21H17NO4/c1-23-16-11-17(24-2)13-18(12-16)26-21-8-6-14-10-15(5-7-19(14)22-21)20-4-3-9-25-20/h3-13H,1-2H3. The van der Waals surface area contributed by atoms with Crippen molar-refractivity contribution >= 4 is 10.9 Å². The van der Waals surface area contributed by atoms with Gasteiger partial charge in [0.15, 0.2) is 0 Å². The molecule has 130 valence electrons. The normalized spacial score (nSPS) is 10.7. The summed E-state index contributed by atoms with van der Waals surface area (Å²) in [6, 6.07) is 18.9. The Morgan fingerprint density at radius 1 is 0.808 bits per heavy atom. The van der Waals surface area contributed by atoms with Crippen molar-refractivity contribution in [3.8, 4) is 34.5 Å². The van der Waals surface area contributed by atoms with Gasteiger partial charge in [-0.15, -0.1) is 0 Å². The van der Waals surface area contributed by atoms with Crippen LogP contribution < -0.4 is 14.2 Å². The molecule has 0 fully saturated rings. The number of methoxy groups -OCH3 is 2. The van der Waals surface area contributed by atoms with Gasteiger partial charge in [0.2, 0.25) is 5.88 Å². The van der Waals surface area contributed by atoms with Gasteiger partial charge in [-0.05, 0) is 36.4 Å². The molecule has 0 aliphatic rings. The molecule has 0 saturated carbocycles. The summed E-state index contributed by atoms with van der Waals surface area (Å²) in [6.07, 6.45) is 1.66. The van der Waals surface area contributed by atoms with E-state index >= 15 is 0 Å². The lowest BCUT2D eigenvalue weighted by Gasteiger charge is -2.10. The predicted molar refractivity (Wildman–Crippen MR) is 99.1 cm³/mol. The molecular weight excluding hydrogens is 330 g/mol. The van der Waals surface area contributed by atoms with E-state index in [0.717, 1.165) is 22.2 Å². The summed E-state index contributed by atoms with van der Waals surface area (Å²) in [7, 11) is 3.20. The SMILES string of the molecule is COc1cc(OC)cc(Oc2ccc3cc(-c4ccco4)ccc3n2)c1. The molecule has 4 rings (SSSR count). The van der Waals surface area contributed by atoms with Crippen LogP contribution in [-0.4, -0.2) is 19.2 Å². The average molecular weight is 347 g/mol. The molecule has 5 heteroatoms. The minimum atomic E-state index is 0.499. The van der Waals surface area contributed by atoms with Crippen molar-refractivity contribution in [1.29, 1.82) is 0 Å². The van der Waals surface area contributed by atoms with Gasteiger partial charge in [0.25, 0.3) is 0 Å². The third-order valence-corrected chi connectivity index (χ3v) is 4.02. The largest absolute Gasteiger partial charge is 0.496 e. The number of benzene rings is 2. The number of rotatable bonds is 5.